The van der Waals surface area contributed by atoms with Crippen molar-refractivity contribution in [3.8, 4) is 12.1 Å². The molecule has 0 saturated carbocycles. The van der Waals surface area contributed by atoms with Crippen LogP contribution < -0.4 is 0 Å². The summed E-state index contributed by atoms with van der Waals surface area (Å²) in [7, 11) is -4.63. The van der Waals surface area contributed by atoms with E-state index in [4.69, 9.17) is 10.5 Å². The number of benzene rings is 1. The molecule has 1 aromatic carbocycles. The van der Waals surface area contributed by atoms with Crippen LogP contribution in [-0.2, 0) is 21.5 Å². The Morgan fingerprint density at radius 3 is 1.35 bits per heavy atom. The van der Waals surface area contributed by atoms with Gasteiger partial charge in [-0.25, -0.2) is 0 Å². The predicted molar refractivity (Wildman–Crippen MR) is 82.2 cm³/mol. The van der Waals surface area contributed by atoms with Crippen LogP contribution in [0.5, 0.6) is 0 Å². The third kappa shape index (κ3) is 4.97. The van der Waals surface area contributed by atoms with Crippen LogP contribution in [0.25, 0.3) is 0 Å². The van der Waals surface area contributed by atoms with Crippen LogP contribution >= 0.6 is 14.3 Å². The summed E-state index contributed by atoms with van der Waals surface area (Å²) in [5.41, 5.74) is 2.08. The van der Waals surface area contributed by atoms with Gasteiger partial charge in [0, 0.05) is 12.3 Å². The molecule has 0 aliphatic heterocycles. The molecule has 0 fully saturated rings. The van der Waals surface area contributed by atoms with Gasteiger partial charge in [-0.15, -0.1) is 0 Å². The zero-order chi connectivity index (χ0) is 15.6. The molecule has 0 heterocycles. The zero-order valence-corrected chi connectivity index (χ0v) is 14.0. The van der Waals surface area contributed by atoms with E-state index in [0.717, 1.165) is 11.1 Å². The second kappa shape index (κ2) is 5.97. The van der Waals surface area contributed by atoms with Crippen LogP contribution in [0, 0.1) is 22.7 Å². The van der Waals surface area contributed by atoms with E-state index in [2.05, 4.69) is 0 Å². The number of nitriles is 2. The van der Waals surface area contributed by atoms with Crippen molar-refractivity contribution in [1.82, 2.24) is 0 Å². The van der Waals surface area contributed by atoms with E-state index in [9.17, 15) is 9.13 Å². The maximum absolute atomic E-state index is 12.0. The van der Waals surface area contributed by atoms with Gasteiger partial charge in [-0.3, -0.25) is 0 Å². The molecule has 0 bridgehead atoms. The quantitative estimate of drug-likeness (QED) is 0.794. The molecular formula is C14H18N2O2P2. The highest BCUT2D eigenvalue weighted by molar-refractivity contribution is 7.62. The molecule has 0 amide bonds. The molecule has 0 atom stereocenters. The fourth-order valence-corrected chi connectivity index (χ4v) is 4.22. The highest BCUT2D eigenvalue weighted by Gasteiger charge is 2.19. The number of hydrogen-bond acceptors (Lipinski definition) is 4. The second-order valence-corrected chi connectivity index (χ2v) is 12.8. The smallest absolute Gasteiger partial charge is 0.101 e. The fraction of sp³-hybridized carbons (Fsp3) is 0.429. The highest BCUT2D eigenvalue weighted by atomic mass is 31.2. The number of nitrogens with zero attached hydrogens (tertiary/aromatic N) is 2. The molecule has 20 heavy (non-hydrogen) atoms. The van der Waals surface area contributed by atoms with Crippen molar-refractivity contribution in [3.63, 3.8) is 0 Å². The summed E-state index contributed by atoms with van der Waals surface area (Å²) in [6.07, 6.45) is 0.700. The maximum Gasteiger partial charge on any atom is 0.101 e. The van der Waals surface area contributed by atoms with Gasteiger partial charge in [-0.05, 0) is 49.9 Å². The van der Waals surface area contributed by atoms with E-state index >= 15 is 0 Å². The first-order valence-corrected chi connectivity index (χ1v) is 11.7. The molecule has 1 rings (SSSR count). The Bertz CT molecular complexity index is 638. The van der Waals surface area contributed by atoms with Crippen molar-refractivity contribution >= 4 is 14.3 Å². The molecular weight excluding hydrogens is 290 g/mol. The summed E-state index contributed by atoms with van der Waals surface area (Å²) in [6.45, 7) is 6.72. The predicted octanol–water partition coefficient (Wildman–Crippen LogP) is 3.68. The highest BCUT2D eigenvalue weighted by Crippen LogP contribution is 2.46. The van der Waals surface area contributed by atoms with Gasteiger partial charge in [0.25, 0.3) is 0 Å². The lowest BCUT2D eigenvalue weighted by atomic mass is 10.0. The molecule has 0 aliphatic carbocycles. The number of rotatable bonds is 4. The summed E-state index contributed by atoms with van der Waals surface area (Å²) in [5, 5.41) is 18.1. The van der Waals surface area contributed by atoms with E-state index in [1.54, 1.807) is 38.8 Å². The van der Waals surface area contributed by atoms with Crippen molar-refractivity contribution in [2.75, 3.05) is 26.7 Å². The topological polar surface area (TPSA) is 81.7 Å². The van der Waals surface area contributed by atoms with E-state index in [1.165, 1.54) is 0 Å². The van der Waals surface area contributed by atoms with Crippen molar-refractivity contribution < 1.29 is 9.13 Å². The monoisotopic (exact) mass is 308 g/mol. The molecule has 1 aromatic rings. The molecule has 6 heteroatoms. The standard InChI is InChI=1S/C14H18N2O2P2/c1-19(2,17)9-13-5-11(7-15)12(8-16)6-14(13)10-20(3,4)18/h5-6H,9-10H2,1-4H3. The van der Waals surface area contributed by atoms with E-state index in [0.29, 0.717) is 12.3 Å². The molecule has 0 saturated heterocycles. The van der Waals surface area contributed by atoms with Crippen molar-refractivity contribution in [1.29, 1.82) is 10.5 Å². The lowest BCUT2D eigenvalue weighted by molar-refractivity contribution is 0.579. The molecule has 0 unspecified atom stereocenters. The van der Waals surface area contributed by atoms with E-state index in [-0.39, 0.29) is 11.1 Å². The first-order valence-electron chi connectivity index (χ1n) is 6.10. The SMILES string of the molecule is CP(C)(=O)Cc1cc(C#N)c(C#N)cc1CP(C)(C)=O. The lowest BCUT2D eigenvalue weighted by Crippen LogP contribution is -1.99. The van der Waals surface area contributed by atoms with Crippen LogP contribution in [-0.4, -0.2) is 26.7 Å². The van der Waals surface area contributed by atoms with Crippen LogP contribution in [0.4, 0.5) is 0 Å². The second-order valence-electron chi connectivity index (χ2n) is 5.85. The van der Waals surface area contributed by atoms with E-state index < -0.39 is 14.3 Å². The zero-order valence-electron chi connectivity index (χ0n) is 12.2. The summed E-state index contributed by atoms with van der Waals surface area (Å²) in [6, 6.07) is 7.19. The Balaban J connectivity index is 3.46. The Kier molecular flexibility index (Phi) is 4.99. The molecule has 106 valence electrons. The molecule has 0 N–H and O–H groups in total. The average molecular weight is 308 g/mol. The maximum atomic E-state index is 12.0. The first-order chi connectivity index (χ1) is 9.05. The van der Waals surface area contributed by atoms with Crippen molar-refractivity contribution in [2.45, 2.75) is 12.3 Å². The largest absolute Gasteiger partial charge is 0.324 e. The Labute approximate surface area is 120 Å². The van der Waals surface area contributed by atoms with Crippen LogP contribution in [0.1, 0.15) is 22.3 Å². The number of hydrogen-bond donors (Lipinski definition) is 0. The third-order valence-corrected chi connectivity index (χ3v) is 4.89. The average Bonchev–Trinajstić information content (AvgIpc) is 2.27. The minimum Gasteiger partial charge on any atom is -0.324 e. The minimum atomic E-state index is -2.32. The lowest BCUT2D eigenvalue weighted by Gasteiger charge is -2.15. The van der Waals surface area contributed by atoms with Crippen LogP contribution in [0.2, 0.25) is 0 Å². The molecule has 0 aromatic heterocycles. The normalized spacial score (nSPS) is 11.7. The molecule has 0 aliphatic rings. The molecule has 0 spiro atoms. The van der Waals surface area contributed by atoms with Gasteiger partial charge in [-0.2, -0.15) is 10.5 Å². The van der Waals surface area contributed by atoms with Gasteiger partial charge >= 0.3 is 0 Å². The van der Waals surface area contributed by atoms with Gasteiger partial charge in [-0.1, -0.05) is 0 Å². The molecule has 4 nitrogen and oxygen atoms in total. The van der Waals surface area contributed by atoms with Gasteiger partial charge < -0.3 is 9.13 Å². The van der Waals surface area contributed by atoms with Crippen LogP contribution in [0.15, 0.2) is 12.1 Å². The summed E-state index contributed by atoms with van der Waals surface area (Å²) in [4.78, 5) is 0. The Morgan fingerprint density at radius 1 is 0.850 bits per heavy atom. The van der Waals surface area contributed by atoms with E-state index in [1.807, 2.05) is 12.1 Å². The summed E-state index contributed by atoms with van der Waals surface area (Å²) < 4.78 is 24.1. The van der Waals surface area contributed by atoms with Gasteiger partial charge in [0.15, 0.2) is 0 Å². The third-order valence-electron chi connectivity index (χ3n) is 2.68. The first kappa shape index (κ1) is 16.7. The van der Waals surface area contributed by atoms with Crippen LogP contribution in [0.3, 0.4) is 0 Å². The fourth-order valence-electron chi connectivity index (χ4n) is 1.99. The van der Waals surface area contributed by atoms with Crippen molar-refractivity contribution in [3.05, 3.63) is 34.4 Å². The van der Waals surface area contributed by atoms with Gasteiger partial charge in [0.2, 0.25) is 0 Å². The molecule has 0 radical (unpaired) electrons. The Hall–Kier alpha value is -1.34. The minimum absolute atomic E-state index is 0.279. The summed E-state index contributed by atoms with van der Waals surface area (Å²) >= 11 is 0. The Morgan fingerprint density at radius 2 is 1.15 bits per heavy atom. The van der Waals surface area contributed by atoms with Crippen molar-refractivity contribution in [2.24, 2.45) is 0 Å². The van der Waals surface area contributed by atoms with Gasteiger partial charge in [0.05, 0.1) is 25.4 Å². The van der Waals surface area contributed by atoms with Gasteiger partial charge in [0.1, 0.15) is 12.1 Å². The summed E-state index contributed by atoms with van der Waals surface area (Å²) in [5.74, 6) is 0.